The molecular weight excluding hydrogens is 412 g/mol. The highest BCUT2D eigenvalue weighted by molar-refractivity contribution is 7.10. The third kappa shape index (κ3) is 5.58. The Labute approximate surface area is 178 Å². The number of nitrogens with zero attached hydrogens (tertiary/aromatic N) is 1. The number of hydrogen-bond acceptors (Lipinski definition) is 5. The second kappa shape index (κ2) is 9.89. The standard InChI is InChI=1S/C21H23ClN2O4S/c1-28-21(27)12-17(15-4-2-3-5-16(15)22)23-19(25)6-7-20(26)24-10-8-18-14(13-24)9-11-29-18/h2-5,9,11,17H,6-8,10,12-13H2,1H3,(H,23,25). The molecule has 1 unspecified atom stereocenters. The summed E-state index contributed by atoms with van der Waals surface area (Å²) in [5.41, 5.74) is 1.83. The van der Waals surface area contributed by atoms with Gasteiger partial charge in [0.05, 0.1) is 19.6 Å². The van der Waals surface area contributed by atoms with E-state index in [9.17, 15) is 14.4 Å². The van der Waals surface area contributed by atoms with Crippen molar-refractivity contribution in [2.24, 2.45) is 0 Å². The van der Waals surface area contributed by atoms with Crippen molar-refractivity contribution in [3.05, 3.63) is 56.7 Å². The van der Waals surface area contributed by atoms with Crippen LogP contribution in [0, 0.1) is 0 Å². The highest BCUT2D eigenvalue weighted by Crippen LogP contribution is 2.26. The summed E-state index contributed by atoms with van der Waals surface area (Å²) in [5, 5.41) is 5.32. The van der Waals surface area contributed by atoms with Gasteiger partial charge in [0, 0.05) is 35.8 Å². The molecule has 1 aromatic heterocycles. The van der Waals surface area contributed by atoms with Crippen molar-refractivity contribution in [3.63, 3.8) is 0 Å². The number of halogens is 1. The summed E-state index contributed by atoms with van der Waals surface area (Å²) in [5.74, 6) is -0.800. The predicted molar refractivity (Wildman–Crippen MR) is 112 cm³/mol. The SMILES string of the molecule is COC(=O)CC(NC(=O)CCC(=O)N1CCc2sccc2C1)c1ccccc1Cl. The van der Waals surface area contributed by atoms with E-state index in [1.807, 2.05) is 11.4 Å². The topological polar surface area (TPSA) is 75.7 Å². The van der Waals surface area contributed by atoms with Crippen molar-refractivity contribution in [1.29, 1.82) is 0 Å². The lowest BCUT2D eigenvalue weighted by molar-refractivity contribution is -0.141. The first-order chi connectivity index (χ1) is 14.0. The second-order valence-electron chi connectivity index (χ2n) is 6.86. The molecule has 3 rings (SSSR count). The molecule has 0 saturated heterocycles. The van der Waals surface area contributed by atoms with Gasteiger partial charge in [-0.3, -0.25) is 14.4 Å². The van der Waals surface area contributed by atoms with Crippen molar-refractivity contribution >= 4 is 40.7 Å². The van der Waals surface area contributed by atoms with E-state index in [0.29, 0.717) is 23.7 Å². The Morgan fingerprint density at radius 2 is 2.03 bits per heavy atom. The maximum Gasteiger partial charge on any atom is 0.307 e. The molecule has 0 spiro atoms. The van der Waals surface area contributed by atoms with Gasteiger partial charge in [0.1, 0.15) is 0 Å². The number of fused-ring (bicyclic) bond motifs is 1. The Kier molecular flexibility index (Phi) is 7.28. The summed E-state index contributed by atoms with van der Waals surface area (Å²) >= 11 is 7.95. The molecule has 0 aliphatic carbocycles. The van der Waals surface area contributed by atoms with Gasteiger partial charge < -0.3 is 15.0 Å². The number of methoxy groups -OCH3 is 1. The third-order valence-electron chi connectivity index (χ3n) is 4.94. The van der Waals surface area contributed by atoms with Gasteiger partial charge in [-0.2, -0.15) is 0 Å². The maximum absolute atomic E-state index is 12.5. The highest BCUT2D eigenvalue weighted by atomic mass is 35.5. The van der Waals surface area contributed by atoms with E-state index in [4.69, 9.17) is 16.3 Å². The van der Waals surface area contributed by atoms with Crippen LogP contribution in [0.5, 0.6) is 0 Å². The molecule has 29 heavy (non-hydrogen) atoms. The molecule has 0 fully saturated rings. The van der Waals surface area contributed by atoms with Gasteiger partial charge in [0.2, 0.25) is 11.8 Å². The molecule has 2 heterocycles. The minimum atomic E-state index is -0.609. The zero-order valence-corrected chi connectivity index (χ0v) is 17.7. The van der Waals surface area contributed by atoms with Crippen molar-refractivity contribution in [2.75, 3.05) is 13.7 Å². The number of rotatable bonds is 7. The average Bonchev–Trinajstić information content (AvgIpc) is 3.19. The summed E-state index contributed by atoms with van der Waals surface area (Å²) < 4.78 is 4.73. The minimum absolute atomic E-state index is 0.0347. The van der Waals surface area contributed by atoms with Crippen LogP contribution in [-0.4, -0.2) is 36.3 Å². The zero-order valence-electron chi connectivity index (χ0n) is 16.2. The first kappa shape index (κ1) is 21.3. The molecule has 0 radical (unpaired) electrons. The maximum atomic E-state index is 12.5. The first-order valence-corrected chi connectivity index (χ1v) is 10.7. The number of carbonyl (C=O) groups is 3. The number of hydrogen-bond donors (Lipinski definition) is 1. The monoisotopic (exact) mass is 434 g/mol. The molecule has 1 aliphatic heterocycles. The van der Waals surface area contributed by atoms with Gasteiger partial charge in [-0.15, -0.1) is 11.3 Å². The van der Waals surface area contributed by atoms with Crippen LogP contribution in [-0.2, 0) is 32.1 Å². The quantitative estimate of drug-likeness (QED) is 0.677. The predicted octanol–water partition coefficient (Wildman–Crippen LogP) is 3.49. The number of esters is 1. The van der Waals surface area contributed by atoms with Gasteiger partial charge in [-0.25, -0.2) is 0 Å². The lowest BCUT2D eigenvalue weighted by Crippen LogP contribution is -2.36. The van der Waals surface area contributed by atoms with Crippen molar-refractivity contribution in [3.8, 4) is 0 Å². The Balaban J connectivity index is 1.56. The molecule has 1 atom stereocenters. The molecule has 154 valence electrons. The van der Waals surface area contributed by atoms with E-state index < -0.39 is 12.0 Å². The van der Waals surface area contributed by atoms with Crippen LogP contribution in [0.4, 0.5) is 0 Å². The average molecular weight is 435 g/mol. The number of carbonyl (C=O) groups excluding carboxylic acids is 3. The molecule has 6 nitrogen and oxygen atoms in total. The molecule has 1 aromatic carbocycles. The lowest BCUT2D eigenvalue weighted by atomic mass is 10.0. The first-order valence-electron chi connectivity index (χ1n) is 9.41. The van der Waals surface area contributed by atoms with Gasteiger partial charge in [0.25, 0.3) is 0 Å². The van der Waals surface area contributed by atoms with E-state index in [-0.39, 0.29) is 31.1 Å². The third-order valence-corrected chi connectivity index (χ3v) is 6.31. The molecular formula is C21H23ClN2O4S. The van der Waals surface area contributed by atoms with E-state index in [1.54, 1.807) is 40.5 Å². The summed E-state index contributed by atoms with van der Waals surface area (Å²) in [4.78, 5) is 39.9. The van der Waals surface area contributed by atoms with Crippen LogP contribution in [0.15, 0.2) is 35.7 Å². The van der Waals surface area contributed by atoms with Crippen LogP contribution in [0.1, 0.15) is 41.3 Å². The van der Waals surface area contributed by atoms with Crippen LogP contribution in [0.25, 0.3) is 0 Å². The summed E-state index contributed by atoms with van der Waals surface area (Å²) in [7, 11) is 1.30. The molecule has 2 aromatic rings. The molecule has 1 N–H and O–H groups in total. The molecule has 1 aliphatic rings. The van der Waals surface area contributed by atoms with E-state index in [1.165, 1.54) is 17.6 Å². The fourth-order valence-corrected chi connectivity index (χ4v) is 4.51. The Morgan fingerprint density at radius 1 is 1.24 bits per heavy atom. The van der Waals surface area contributed by atoms with Gasteiger partial charge in [-0.05, 0) is 35.1 Å². The smallest absolute Gasteiger partial charge is 0.307 e. The Morgan fingerprint density at radius 3 is 2.79 bits per heavy atom. The van der Waals surface area contributed by atoms with Crippen LogP contribution in [0.3, 0.4) is 0 Å². The van der Waals surface area contributed by atoms with Crippen LogP contribution >= 0.6 is 22.9 Å². The molecule has 0 saturated carbocycles. The fourth-order valence-electron chi connectivity index (χ4n) is 3.35. The largest absolute Gasteiger partial charge is 0.469 e. The summed E-state index contributed by atoms with van der Waals surface area (Å²) in [6.07, 6.45) is 0.998. The fraction of sp³-hybridized carbons (Fsp3) is 0.381. The number of benzene rings is 1. The summed E-state index contributed by atoms with van der Waals surface area (Å²) in [6, 6.07) is 8.46. The lowest BCUT2D eigenvalue weighted by Gasteiger charge is -2.27. The van der Waals surface area contributed by atoms with E-state index in [2.05, 4.69) is 5.32 Å². The molecule has 8 heteroatoms. The van der Waals surface area contributed by atoms with Crippen molar-refractivity contribution < 1.29 is 19.1 Å². The van der Waals surface area contributed by atoms with E-state index in [0.717, 1.165) is 6.42 Å². The number of nitrogens with one attached hydrogen (secondary N) is 1. The highest BCUT2D eigenvalue weighted by Gasteiger charge is 2.24. The summed E-state index contributed by atoms with van der Waals surface area (Å²) in [6.45, 7) is 1.28. The Hall–Kier alpha value is -2.38. The number of thiophene rings is 1. The normalized spacial score (nSPS) is 14.1. The van der Waals surface area contributed by atoms with Gasteiger partial charge >= 0.3 is 5.97 Å². The second-order valence-corrected chi connectivity index (χ2v) is 8.26. The Bertz CT molecular complexity index is 898. The minimum Gasteiger partial charge on any atom is -0.469 e. The number of ether oxygens (including phenoxy) is 1. The van der Waals surface area contributed by atoms with Crippen molar-refractivity contribution in [1.82, 2.24) is 10.2 Å². The van der Waals surface area contributed by atoms with Gasteiger partial charge in [0.15, 0.2) is 0 Å². The zero-order chi connectivity index (χ0) is 20.8. The van der Waals surface area contributed by atoms with Crippen LogP contribution in [0.2, 0.25) is 5.02 Å². The number of amides is 2. The molecule has 2 amide bonds. The van der Waals surface area contributed by atoms with Crippen molar-refractivity contribution in [2.45, 2.75) is 38.3 Å². The van der Waals surface area contributed by atoms with Crippen LogP contribution < -0.4 is 5.32 Å². The molecule has 0 bridgehead atoms. The van der Waals surface area contributed by atoms with Gasteiger partial charge in [-0.1, -0.05) is 29.8 Å². The van der Waals surface area contributed by atoms with E-state index >= 15 is 0 Å².